The van der Waals surface area contributed by atoms with Crippen LogP contribution in [0.5, 0.6) is 0 Å². The number of nitrogens with two attached hydrogens (primary N) is 4. The van der Waals surface area contributed by atoms with E-state index >= 15 is 0 Å². The van der Waals surface area contributed by atoms with Crippen LogP contribution in [0.3, 0.4) is 0 Å². The van der Waals surface area contributed by atoms with Gasteiger partial charge in [-0.3, -0.25) is 33.8 Å². The standard InChI is InChI=1S/C28H52N10O10/c1-15(2)12-20(38-23(43)16(30)14-39)26(46)36-17(6-3-4-10-29)25(45)37-18(8-9-22(41)42)24(44)34-13-21(40)35-19(27(47)48)7-5-11-33-28(31)32/h15-20,39H,3-14,29-30H2,1-2H3,(H,34,44)(H,35,40)(H,36,46)(H,37,45)(H,38,43)(H,41,42)(H,47,48)(H4,31,32,33)/t16-,17-,18-,19-,20-/m0/s1. The van der Waals surface area contributed by atoms with E-state index in [1.165, 1.54) is 0 Å². The summed E-state index contributed by atoms with van der Waals surface area (Å²) in [6.07, 6.45) is 0.394. The molecule has 0 spiro atoms. The molecule has 0 fully saturated rings. The second-order valence-electron chi connectivity index (χ2n) is 11.4. The molecule has 0 aromatic rings. The van der Waals surface area contributed by atoms with Crippen LogP contribution in [-0.4, -0.2) is 119 Å². The Hall–Kier alpha value is -4.56. The lowest BCUT2D eigenvalue weighted by atomic mass is 10.0. The number of nitrogens with zero attached hydrogens (tertiary/aromatic N) is 1. The molecule has 20 heteroatoms. The molecular formula is C28H52N10O10. The molecule has 16 N–H and O–H groups in total. The molecule has 0 bridgehead atoms. The molecule has 0 heterocycles. The van der Waals surface area contributed by atoms with Gasteiger partial charge in [0.25, 0.3) is 0 Å². The smallest absolute Gasteiger partial charge is 0.326 e. The maximum atomic E-state index is 13.4. The lowest BCUT2D eigenvalue weighted by Crippen LogP contribution is -2.58. The van der Waals surface area contributed by atoms with Gasteiger partial charge in [0.05, 0.1) is 13.2 Å². The molecule has 0 saturated carbocycles. The van der Waals surface area contributed by atoms with E-state index in [0.29, 0.717) is 12.8 Å². The number of aliphatic imine (C=N–C) groups is 1. The van der Waals surface area contributed by atoms with Gasteiger partial charge in [0.15, 0.2) is 5.96 Å². The van der Waals surface area contributed by atoms with Crippen molar-refractivity contribution in [3.63, 3.8) is 0 Å². The quantitative estimate of drug-likeness (QED) is 0.0245. The van der Waals surface area contributed by atoms with E-state index in [1.54, 1.807) is 13.8 Å². The molecular weight excluding hydrogens is 636 g/mol. The number of aliphatic carboxylic acids is 2. The van der Waals surface area contributed by atoms with E-state index < -0.39 is 91.3 Å². The fourth-order valence-electron chi connectivity index (χ4n) is 4.20. The first-order valence-corrected chi connectivity index (χ1v) is 15.6. The van der Waals surface area contributed by atoms with Gasteiger partial charge < -0.3 is 64.8 Å². The lowest BCUT2D eigenvalue weighted by Gasteiger charge is -2.26. The predicted octanol–water partition coefficient (Wildman–Crippen LogP) is -4.46. The number of guanidine groups is 1. The summed E-state index contributed by atoms with van der Waals surface area (Å²) in [7, 11) is 0. The fraction of sp³-hybridized carbons (Fsp3) is 0.714. The fourth-order valence-corrected chi connectivity index (χ4v) is 4.20. The van der Waals surface area contributed by atoms with Crippen molar-refractivity contribution in [2.45, 2.75) is 95.4 Å². The summed E-state index contributed by atoms with van der Waals surface area (Å²) in [6, 6.07) is -6.41. The molecule has 0 aliphatic carbocycles. The predicted molar refractivity (Wildman–Crippen MR) is 173 cm³/mol. The minimum atomic E-state index is -1.46. The summed E-state index contributed by atoms with van der Waals surface area (Å²) in [4.78, 5) is 90.9. The van der Waals surface area contributed by atoms with Gasteiger partial charge in [-0.15, -0.1) is 0 Å². The number of carbonyl (C=O) groups is 7. The lowest BCUT2D eigenvalue weighted by molar-refractivity contribution is -0.142. The summed E-state index contributed by atoms with van der Waals surface area (Å²) >= 11 is 0. The van der Waals surface area contributed by atoms with Crippen molar-refractivity contribution in [3.05, 3.63) is 0 Å². The van der Waals surface area contributed by atoms with Crippen molar-refractivity contribution < 1.29 is 48.9 Å². The Labute approximate surface area is 278 Å². The molecule has 0 rings (SSSR count). The van der Waals surface area contributed by atoms with Crippen molar-refractivity contribution in [1.82, 2.24) is 26.6 Å². The Kier molecular flexibility index (Phi) is 21.5. The van der Waals surface area contributed by atoms with Gasteiger partial charge in [0, 0.05) is 13.0 Å². The number of carbonyl (C=O) groups excluding carboxylic acids is 5. The van der Waals surface area contributed by atoms with E-state index in [2.05, 4.69) is 31.6 Å². The van der Waals surface area contributed by atoms with Crippen LogP contribution in [0, 0.1) is 5.92 Å². The first-order valence-electron chi connectivity index (χ1n) is 15.6. The van der Waals surface area contributed by atoms with Gasteiger partial charge in [0.2, 0.25) is 29.5 Å². The number of hydrogen-bond donors (Lipinski definition) is 12. The van der Waals surface area contributed by atoms with Crippen LogP contribution in [0.2, 0.25) is 0 Å². The van der Waals surface area contributed by atoms with Crippen molar-refractivity contribution in [2.75, 3.05) is 26.2 Å². The van der Waals surface area contributed by atoms with Gasteiger partial charge in [-0.25, -0.2) is 4.79 Å². The number of aliphatic hydroxyl groups is 1. The Morgan fingerprint density at radius 1 is 0.729 bits per heavy atom. The monoisotopic (exact) mass is 688 g/mol. The van der Waals surface area contributed by atoms with E-state index in [4.69, 9.17) is 22.9 Å². The molecule has 0 aliphatic rings. The van der Waals surface area contributed by atoms with Crippen LogP contribution in [0.4, 0.5) is 0 Å². The van der Waals surface area contributed by atoms with Crippen LogP contribution in [0.1, 0.15) is 65.2 Å². The molecule has 0 radical (unpaired) electrons. The molecule has 20 nitrogen and oxygen atoms in total. The van der Waals surface area contributed by atoms with Crippen LogP contribution < -0.4 is 49.5 Å². The maximum Gasteiger partial charge on any atom is 0.326 e. The summed E-state index contributed by atoms with van der Waals surface area (Å²) < 4.78 is 0. The zero-order valence-electron chi connectivity index (χ0n) is 27.4. The number of hydrogen-bond acceptors (Lipinski definition) is 11. The molecule has 0 aromatic carbocycles. The second-order valence-corrected chi connectivity index (χ2v) is 11.4. The zero-order valence-corrected chi connectivity index (χ0v) is 27.4. The van der Waals surface area contributed by atoms with Gasteiger partial charge in [-0.2, -0.15) is 0 Å². The molecule has 48 heavy (non-hydrogen) atoms. The third kappa shape index (κ3) is 19.2. The average Bonchev–Trinajstić information content (AvgIpc) is 3.01. The van der Waals surface area contributed by atoms with E-state index in [9.17, 15) is 48.9 Å². The third-order valence-electron chi connectivity index (χ3n) is 6.74. The Balaban J connectivity index is 5.73. The number of amides is 5. The SMILES string of the molecule is CC(C)C[C@H](NC(=O)[C@@H](N)CO)C(=O)N[C@@H](CCCCN)C(=O)N[C@@H](CCC(=O)O)C(=O)NCC(=O)N[C@@H](CCCN=C(N)N)C(=O)O. The first kappa shape index (κ1) is 43.4. The summed E-state index contributed by atoms with van der Waals surface area (Å²) in [5.41, 5.74) is 21.6. The number of rotatable bonds is 25. The van der Waals surface area contributed by atoms with Crippen molar-refractivity contribution in [1.29, 1.82) is 0 Å². The van der Waals surface area contributed by atoms with Crippen molar-refractivity contribution >= 4 is 47.4 Å². The number of aliphatic hydroxyl groups excluding tert-OH is 1. The summed E-state index contributed by atoms with van der Waals surface area (Å²) in [6.45, 7) is 2.66. The maximum absolute atomic E-state index is 13.4. The summed E-state index contributed by atoms with van der Waals surface area (Å²) in [5.74, 6) is -7.02. The highest BCUT2D eigenvalue weighted by atomic mass is 16.4. The zero-order chi connectivity index (χ0) is 36.8. The number of carboxylic acid groups (broad SMARTS) is 2. The highest BCUT2D eigenvalue weighted by Crippen LogP contribution is 2.09. The number of unbranched alkanes of at least 4 members (excludes halogenated alkanes) is 1. The van der Waals surface area contributed by atoms with Crippen LogP contribution in [-0.2, 0) is 33.6 Å². The molecule has 0 saturated heterocycles. The Bertz CT molecular complexity index is 1120. The topological polar surface area (TPSA) is 357 Å². The van der Waals surface area contributed by atoms with Crippen LogP contribution >= 0.6 is 0 Å². The first-order chi connectivity index (χ1) is 22.5. The Morgan fingerprint density at radius 3 is 1.81 bits per heavy atom. The summed E-state index contributed by atoms with van der Waals surface area (Å²) in [5, 5.41) is 39.7. The molecule has 5 atom stereocenters. The second kappa shape index (κ2) is 23.7. The van der Waals surface area contributed by atoms with Crippen molar-refractivity contribution in [2.24, 2.45) is 33.8 Å². The van der Waals surface area contributed by atoms with Gasteiger partial charge in [-0.05, 0) is 57.4 Å². The minimum absolute atomic E-state index is 0.0176. The molecule has 0 aliphatic heterocycles. The normalized spacial score (nSPS) is 14.0. The largest absolute Gasteiger partial charge is 0.481 e. The van der Waals surface area contributed by atoms with Gasteiger partial charge >= 0.3 is 11.9 Å². The molecule has 0 unspecified atom stereocenters. The molecule has 274 valence electrons. The van der Waals surface area contributed by atoms with E-state index in [1.807, 2.05) is 0 Å². The van der Waals surface area contributed by atoms with Gasteiger partial charge in [0.1, 0.15) is 30.2 Å². The number of nitrogens with one attached hydrogen (secondary N) is 5. The average molecular weight is 689 g/mol. The van der Waals surface area contributed by atoms with Gasteiger partial charge in [-0.1, -0.05) is 13.8 Å². The minimum Gasteiger partial charge on any atom is -0.481 e. The highest BCUT2D eigenvalue weighted by Gasteiger charge is 2.31. The highest BCUT2D eigenvalue weighted by molar-refractivity contribution is 5.95. The van der Waals surface area contributed by atoms with E-state index in [0.717, 1.165) is 0 Å². The van der Waals surface area contributed by atoms with Crippen molar-refractivity contribution in [3.8, 4) is 0 Å². The van der Waals surface area contributed by atoms with Crippen LogP contribution in [0.25, 0.3) is 0 Å². The Morgan fingerprint density at radius 2 is 1.29 bits per heavy atom. The third-order valence-corrected chi connectivity index (χ3v) is 6.74. The van der Waals surface area contributed by atoms with Crippen LogP contribution in [0.15, 0.2) is 4.99 Å². The van der Waals surface area contributed by atoms with E-state index in [-0.39, 0.29) is 57.1 Å². The molecule has 5 amide bonds. The molecule has 0 aromatic heterocycles. The number of carboxylic acids is 2.